The second kappa shape index (κ2) is 17.4. The summed E-state index contributed by atoms with van der Waals surface area (Å²) < 4.78 is 22.0. The zero-order valence-corrected chi connectivity index (χ0v) is 26.5. The van der Waals surface area contributed by atoms with E-state index in [2.05, 4.69) is 0 Å². The molecule has 8 N–H and O–H groups in total. The Bertz CT molecular complexity index is 1230. The second-order valence-electron chi connectivity index (χ2n) is 12.4. The Labute approximate surface area is 273 Å². The van der Waals surface area contributed by atoms with Gasteiger partial charge in [-0.05, 0) is 19.9 Å². The lowest BCUT2D eigenvalue weighted by molar-refractivity contribution is -0.416. The van der Waals surface area contributed by atoms with Crippen molar-refractivity contribution in [2.45, 2.75) is 119 Å². The summed E-state index contributed by atoms with van der Waals surface area (Å²) >= 11 is 0. The molecule has 0 aromatic carbocycles. The molecule has 0 aromatic rings. The van der Waals surface area contributed by atoms with Gasteiger partial charge in [-0.1, -0.05) is 48.6 Å². The number of carboxylic acids is 1. The number of Topliss-reactive ketones (excluding diaryl/α,β-unsaturated/α-hetero) is 1. The van der Waals surface area contributed by atoms with Gasteiger partial charge in [0.1, 0.15) is 29.6 Å². The molecule has 3 heterocycles. The minimum atomic E-state index is -2.39. The average molecular weight is 666 g/mol. The third-order valence-corrected chi connectivity index (χ3v) is 7.73. The number of hydrogen-bond acceptors (Lipinski definition) is 13. The summed E-state index contributed by atoms with van der Waals surface area (Å²) in [4.78, 5) is 36.9. The molecule has 0 bridgehead atoms. The molecule has 47 heavy (non-hydrogen) atoms. The van der Waals surface area contributed by atoms with Crippen molar-refractivity contribution >= 4 is 17.7 Å². The van der Waals surface area contributed by atoms with Crippen LogP contribution < -0.4 is 5.73 Å². The number of cyclic esters (lactones) is 1. The molecular weight excluding hydrogens is 618 g/mol. The summed E-state index contributed by atoms with van der Waals surface area (Å²) in [5.74, 6) is -7.00. The molecular formula is C33H47NO13. The fourth-order valence-electron chi connectivity index (χ4n) is 5.62. The predicted octanol–water partition coefficient (Wildman–Crippen LogP) is 0.661. The van der Waals surface area contributed by atoms with Crippen molar-refractivity contribution in [3.8, 4) is 0 Å². The first-order chi connectivity index (χ1) is 22.1. The van der Waals surface area contributed by atoms with Crippen LogP contribution in [0.3, 0.4) is 0 Å². The number of aliphatic hydroxyl groups excluding tert-OH is 3. The lowest BCUT2D eigenvalue weighted by Gasteiger charge is -2.43. The van der Waals surface area contributed by atoms with E-state index in [0.717, 1.165) is 0 Å². The monoisotopic (exact) mass is 665 g/mol. The van der Waals surface area contributed by atoms with Gasteiger partial charge < -0.3 is 55.3 Å². The molecule has 2 fully saturated rings. The van der Waals surface area contributed by atoms with E-state index in [1.807, 2.05) is 6.08 Å². The molecule has 7 unspecified atom stereocenters. The highest BCUT2D eigenvalue weighted by Crippen LogP contribution is 2.34. The van der Waals surface area contributed by atoms with Crippen LogP contribution in [0.25, 0.3) is 0 Å². The molecule has 11 atom stereocenters. The number of carboxylic acid groups (broad SMARTS) is 1. The number of hydrogen-bond donors (Lipinski definition) is 7. The molecule has 0 aliphatic carbocycles. The normalized spacial score (nSPS) is 43.4. The zero-order chi connectivity index (χ0) is 34.8. The number of aliphatic carboxylic acids is 1. The van der Waals surface area contributed by atoms with Crippen LogP contribution in [0, 0.1) is 5.92 Å². The summed E-state index contributed by atoms with van der Waals surface area (Å²) in [6, 6.07) is 0. The number of fused-ring (bicyclic) bond motifs is 1. The summed E-state index contributed by atoms with van der Waals surface area (Å²) in [5.41, 5.74) is 4.02. The van der Waals surface area contributed by atoms with Crippen LogP contribution in [-0.4, -0.2) is 109 Å². The summed E-state index contributed by atoms with van der Waals surface area (Å²) in [6.45, 7) is 3.31. The van der Waals surface area contributed by atoms with Gasteiger partial charge in [-0.3, -0.25) is 9.59 Å². The molecule has 3 aliphatic heterocycles. The smallest absolute Gasteiger partial charge is 0.330 e. The standard InChI is InChI=1S/C33H47NO13/c1-20-10-8-6-4-3-5-7-9-11-24(47-33(43)19-32(34,42)18-21(2)46-33)17-26(38)30(31(40)41)25(37)15-22(35)14-23(36)16-28-27(45-28)12-13-29(39)44-20/h3-9,11-13,20-21,23-28,30,36-38,42-43H,10,14-19,34H2,1-2H3,(H,40,41)/b4-3+,7-5-,8-6+,11-9+,13-12+/t20-,21-,23?,24?,25?,26?,27?,28?,30?,32-,33-/m1/s1. The number of aliphatic hydroxyl groups is 5. The largest absolute Gasteiger partial charge is 0.481 e. The first-order valence-electron chi connectivity index (χ1n) is 15.6. The van der Waals surface area contributed by atoms with Gasteiger partial charge in [-0.15, -0.1) is 0 Å². The topological polar surface area (TPSA) is 239 Å². The van der Waals surface area contributed by atoms with Crippen molar-refractivity contribution < 1.29 is 64.0 Å². The quantitative estimate of drug-likeness (QED) is 0.125. The van der Waals surface area contributed by atoms with E-state index in [9.17, 15) is 45.0 Å². The lowest BCUT2D eigenvalue weighted by Crippen LogP contribution is -2.58. The maximum absolute atomic E-state index is 12.6. The summed E-state index contributed by atoms with van der Waals surface area (Å²) in [7, 11) is 0. The highest BCUT2D eigenvalue weighted by Gasteiger charge is 2.48. The SMILES string of the molecule is C[C@@H]1C/C=C/C=C/C=C\C=C\C(O[C@@]2(O)C[C@](N)(O)C[C@@H](C)O2)CC(O)C(C(=O)O)C(O)CC(=O)CC(O)CC2OC2/C=C/C(=O)O1. The third kappa shape index (κ3) is 13.5. The number of nitrogens with two attached hydrogens (primary N) is 1. The number of rotatable bonds is 3. The van der Waals surface area contributed by atoms with E-state index in [-0.39, 0.29) is 18.9 Å². The lowest BCUT2D eigenvalue weighted by atomic mass is 9.88. The Morgan fingerprint density at radius 3 is 2.30 bits per heavy atom. The van der Waals surface area contributed by atoms with Gasteiger partial charge in [0.2, 0.25) is 0 Å². The van der Waals surface area contributed by atoms with Gasteiger partial charge in [0.25, 0.3) is 5.97 Å². The summed E-state index contributed by atoms with van der Waals surface area (Å²) in [5, 5.41) is 63.3. The van der Waals surface area contributed by atoms with E-state index in [0.29, 0.717) is 6.42 Å². The van der Waals surface area contributed by atoms with Gasteiger partial charge in [-0.25, -0.2) is 4.79 Å². The predicted molar refractivity (Wildman–Crippen MR) is 166 cm³/mol. The van der Waals surface area contributed by atoms with Gasteiger partial charge >= 0.3 is 11.9 Å². The molecule has 0 saturated carbocycles. The van der Waals surface area contributed by atoms with Crippen LogP contribution in [0.4, 0.5) is 0 Å². The van der Waals surface area contributed by atoms with Crippen LogP contribution in [0.5, 0.6) is 0 Å². The Balaban J connectivity index is 1.80. The molecule has 14 nitrogen and oxygen atoms in total. The van der Waals surface area contributed by atoms with Crippen LogP contribution in [0.1, 0.15) is 58.8 Å². The van der Waals surface area contributed by atoms with Gasteiger partial charge in [0, 0.05) is 44.6 Å². The third-order valence-electron chi connectivity index (χ3n) is 7.73. The first-order valence-corrected chi connectivity index (χ1v) is 15.6. The van der Waals surface area contributed by atoms with Crippen molar-refractivity contribution in [1.82, 2.24) is 0 Å². The Hall–Kier alpha value is -3.05. The minimum absolute atomic E-state index is 0.0106. The maximum atomic E-state index is 12.6. The average Bonchev–Trinajstić information content (AvgIpc) is 3.65. The number of allylic oxidation sites excluding steroid dienone is 6. The zero-order valence-electron chi connectivity index (χ0n) is 26.5. The number of carbonyl (C=O) groups excluding carboxylic acids is 2. The molecule has 0 aromatic heterocycles. The number of epoxide rings is 1. The van der Waals surface area contributed by atoms with Crippen molar-refractivity contribution in [3.05, 3.63) is 60.8 Å². The highest BCUT2D eigenvalue weighted by atomic mass is 16.8. The molecule has 3 rings (SSSR count). The van der Waals surface area contributed by atoms with Crippen molar-refractivity contribution in [2.75, 3.05) is 0 Å². The number of ketones is 1. The number of carbonyl (C=O) groups is 3. The number of esters is 1. The highest BCUT2D eigenvalue weighted by molar-refractivity contribution is 5.82. The minimum Gasteiger partial charge on any atom is -0.481 e. The fraction of sp³-hybridized carbons (Fsp3) is 0.606. The van der Waals surface area contributed by atoms with E-state index < -0.39 is 104 Å². The van der Waals surface area contributed by atoms with Crippen LogP contribution in [0.2, 0.25) is 0 Å². The van der Waals surface area contributed by atoms with E-state index >= 15 is 0 Å². The Kier molecular flexibility index (Phi) is 14.2. The van der Waals surface area contributed by atoms with Crippen LogP contribution >= 0.6 is 0 Å². The molecule has 14 heteroatoms. The van der Waals surface area contributed by atoms with Gasteiger partial charge in [-0.2, -0.15) is 0 Å². The molecule has 3 aliphatic rings. The van der Waals surface area contributed by atoms with Crippen LogP contribution in [-0.2, 0) is 33.3 Å². The molecule has 262 valence electrons. The summed E-state index contributed by atoms with van der Waals surface area (Å²) in [6.07, 6.45) is 6.48. The Morgan fingerprint density at radius 1 is 0.936 bits per heavy atom. The van der Waals surface area contributed by atoms with Crippen molar-refractivity contribution in [1.29, 1.82) is 0 Å². The van der Waals surface area contributed by atoms with Crippen LogP contribution in [0.15, 0.2) is 60.8 Å². The number of ether oxygens (including phenoxy) is 4. The first kappa shape index (κ1) is 38.4. The van der Waals surface area contributed by atoms with Crippen molar-refractivity contribution in [3.63, 3.8) is 0 Å². The van der Waals surface area contributed by atoms with Crippen molar-refractivity contribution in [2.24, 2.45) is 11.7 Å². The molecule has 0 spiro atoms. The molecule has 0 radical (unpaired) electrons. The maximum Gasteiger partial charge on any atom is 0.330 e. The van der Waals surface area contributed by atoms with Gasteiger partial charge in [0.05, 0.1) is 43.0 Å². The molecule has 2 saturated heterocycles. The second-order valence-corrected chi connectivity index (χ2v) is 12.4. The van der Waals surface area contributed by atoms with E-state index in [1.54, 1.807) is 44.2 Å². The fourth-order valence-corrected chi connectivity index (χ4v) is 5.62. The van der Waals surface area contributed by atoms with E-state index in [1.165, 1.54) is 24.3 Å². The van der Waals surface area contributed by atoms with Gasteiger partial charge in [0.15, 0.2) is 0 Å². The van der Waals surface area contributed by atoms with E-state index in [4.69, 9.17) is 24.7 Å². The Morgan fingerprint density at radius 2 is 1.62 bits per heavy atom. The molecule has 0 amide bonds.